The molecule has 1 atom stereocenters. The minimum Gasteiger partial charge on any atom is -0.469 e. The number of esters is 1. The quantitative estimate of drug-likeness (QED) is 0.576. The zero-order valence-electron chi connectivity index (χ0n) is 18.1. The van der Waals surface area contributed by atoms with Crippen molar-refractivity contribution in [1.82, 2.24) is 9.88 Å². The van der Waals surface area contributed by atoms with Crippen LogP contribution in [0.25, 0.3) is 22.2 Å². The minimum atomic E-state index is -0.403. The van der Waals surface area contributed by atoms with E-state index in [-0.39, 0.29) is 30.6 Å². The molecular formula is C25H27N3O4. The molecule has 2 N–H and O–H groups in total. The number of nitrogens with one attached hydrogen (secondary N) is 2. The van der Waals surface area contributed by atoms with Crippen LogP contribution >= 0.6 is 0 Å². The Morgan fingerprint density at radius 3 is 2.75 bits per heavy atom. The van der Waals surface area contributed by atoms with E-state index in [1.165, 1.54) is 7.11 Å². The highest BCUT2D eigenvalue weighted by Gasteiger charge is 2.28. The van der Waals surface area contributed by atoms with Crippen LogP contribution in [0.5, 0.6) is 0 Å². The highest BCUT2D eigenvalue weighted by atomic mass is 16.5. The van der Waals surface area contributed by atoms with Crippen LogP contribution in [0.3, 0.4) is 0 Å². The summed E-state index contributed by atoms with van der Waals surface area (Å²) in [6, 6.07) is 17.9. The number of hydrogen-bond donors (Lipinski definition) is 2. The van der Waals surface area contributed by atoms with Gasteiger partial charge < -0.3 is 19.9 Å². The number of likely N-dealkylation sites (tertiary alicyclic amines) is 1. The van der Waals surface area contributed by atoms with E-state index in [0.717, 1.165) is 40.7 Å². The zero-order chi connectivity index (χ0) is 22.5. The minimum absolute atomic E-state index is 0.0588. The Balaban J connectivity index is 1.39. The van der Waals surface area contributed by atoms with Crippen molar-refractivity contribution in [2.45, 2.75) is 25.7 Å². The lowest BCUT2D eigenvalue weighted by Gasteiger charge is -2.32. The SMILES string of the molecule is COC(=O)CCC(=O)N1CCC[C@H](C(=O)Nc2cccc(-c3cc4ccccc4[nH]3)c2)C1. The second kappa shape index (κ2) is 9.68. The first-order chi connectivity index (χ1) is 15.5. The van der Waals surface area contributed by atoms with Crippen molar-refractivity contribution in [3.63, 3.8) is 0 Å². The molecule has 0 unspecified atom stereocenters. The van der Waals surface area contributed by atoms with Crippen LogP contribution in [0.4, 0.5) is 5.69 Å². The number of benzene rings is 2. The molecule has 1 saturated heterocycles. The van der Waals surface area contributed by atoms with E-state index in [0.29, 0.717) is 13.1 Å². The van der Waals surface area contributed by atoms with Gasteiger partial charge in [0, 0.05) is 47.4 Å². The van der Waals surface area contributed by atoms with Crippen LogP contribution in [0.15, 0.2) is 54.6 Å². The van der Waals surface area contributed by atoms with Crippen LogP contribution in [-0.2, 0) is 19.1 Å². The standard InChI is InChI=1S/C25H27N3O4/c1-32-24(30)12-11-23(29)28-13-5-8-19(16-28)25(31)26-20-9-4-7-17(14-20)22-15-18-6-2-3-10-21(18)27-22/h2-4,6-7,9-10,14-15,19,27H,5,8,11-13,16H2,1H3,(H,26,31)/t19-/m0/s1. The lowest BCUT2D eigenvalue weighted by molar-refractivity contribution is -0.144. The lowest BCUT2D eigenvalue weighted by atomic mass is 9.96. The Bertz CT molecular complexity index is 1100. The maximum Gasteiger partial charge on any atom is 0.306 e. The van der Waals surface area contributed by atoms with Gasteiger partial charge in [0.05, 0.1) is 19.4 Å². The molecule has 1 fully saturated rings. The van der Waals surface area contributed by atoms with Gasteiger partial charge in [-0.3, -0.25) is 14.4 Å². The summed E-state index contributed by atoms with van der Waals surface area (Å²) in [5, 5.41) is 4.14. The molecule has 1 aliphatic rings. The first-order valence-corrected chi connectivity index (χ1v) is 10.9. The average Bonchev–Trinajstić information content (AvgIpc) is 3.27. The van der Waals surface area contributed by atoms with E-state index in [9.17, 15) is 14.4 Å². The number of rotatable bonds is 6. The number of para-hydroxylation sites is 1. The smallest absolute Gasteiger partial charge is 0.306 e. The fourth-order valence-corrected chi connectivity index (χ4v) is 4.12. The Morgan fingerprint density at radius 1 is 1.09 bits per heavy atom. The van der Waals surface area contributed by atoms with E-state index in [2.05, 4.69) is 27.2 Å². The molecular weight excluding hydrogens is 406 g/mol. The van der Waals surface area contributed by atoms with Gasteiger partial charge in [-0.05, 0) is 37.1 Å². The summed E-state index contributed by atoms with van der Waals surface area (Å²) >= 11 is 0. The van der Waals surface area contributed by atoms with Gasteiger partial charge in [0.2, 0.25) is 11.8 Å². The van der Waals surface area contributed by atoms with Gasteiger partial charge >= 0.3 is 5.97 Å². The number of carbonyl (C=O) groups excluding carboxylic acids is 3. The summed E-state index contributed by atoms with van der Waals surface area (Å²) in [7, 11) is 1.31. The third kappa shape index (κ3) is 4.99. The van der Waals surface area contributed by atoms with Crippen LogP contribution in [0, 0.1) is 5.92 Å². The molecule has 3 aromatic rings. The van der Waals surface area contributed by atoms with E-state index in [4.69, 9.17) is 0 Å². The number of aromatic nitrogens is 1. The number of anilines is 1. The first kappa shape index (κ1) is 21.6. The van der Waals surface area contributed by atoms with E-state index < -0.39 is 5.97 Å². The molecule has 1 aliphatic heterocycles. The lowest BCUT2D eigenvalue weighted by Crippen LogP contribution is -2.43. The molecule has 1 aromatic heterocycles. The van der Waals surface area contributed by atoms with Gasteiger partial charge in [0.25, 0.3) is 0 Å². The Morgan fingerprint density at radius 2 is 1.94 bits per heavy atom. The number of methoxy groups -OCH3 is 1. The van der Waals surface area contributed by atoms with Gasteiger partial charge in [0.15, 0.2) is 0 Å². The van der Waals surface area contributed by atoms with Gasteiger partial charge in [-0.25, -0.2) is 0 Å². The van der Waals surface area contributed by atoms with Crippen molar-refractivity contribution in [1.29, 1.82) is 0 Å². The predicted molar refractivity (Wildman–Crippen MR) is 123 cm³/mol. The van der Waals surface area contributed by atoms with E-state index >= 15 is 0 Å². The Labute approximate surface area is 186 Å². The number of ether oxygens (including phenoxy) is 1. The second-order valence-corrected chi connectivity index (χ2v) is 8.10. The highest BCUT2D eigenvalue weighted by Crippen LogP contribution is 2.27. The highest BCUT2D eigenvalue weighted by molar-refractivity contribution is 5.94. The second-order valence-electron chi connectivity index (χ2n) is 8.10. The maximum absolute atomic E-state index is 12.9. The summed E-state index contributed by atoms with van der Waals surface area (Å²) in [6.45, 7) is 0.979. The normalized spacial score (nSPS) is 16.0. The van der Waals surface area contributed by atoms with Gasteiger partial charge in [-0.2, -0.15) is 0 Å². The van der Waals surface area contributed by atoms with E-state index in [1.807, 2.05) is 42.5 Å². The number of hydrogen-bond acceptors (Lipinski definition) is 4. The molecule has 0 saturated carbocycles. The molecule has 2 amide bonds. The monoisotopic (exact) mass is 433 g/mol. The van der Waals surface area contributed by atoms with Gasteiger partial charge in [-0.1, -0.05) is 30.3 Å². The molecule has 0 spiro atoms. The summed E-state index contributed by atoms with van der Waals surface area (Å²) in [5.74, 6) is -0.889. The van der Waals surface area contributed by atoms with Crippen LogP contribution in [-0.4, -0.2) is 47.9 Å². The molecule has 2 heterocycles. The predicted octanol–water partition coefficient (Wildman–Crippen LogP) is 3.97. The molecule has 32 heavy (non-hydrogen) atoms. The maximum atomic E-state index is 12.9. The van der Waals surface area contributed by atoms with Crippen molar-refractivity contribution in [3.05, 3.63) is 54.6 Å². The fraction of sp³-hybridized carbons (Fsp3) is 0.320. The fourth-order valence-electron chi connectivity index (χ4n) is 4.12. The van der Waals surface area contributed by atoms with Crippen molar-refractivity contribution < 1.29 is 19.1 Å². The molecule has 2 aromatic carbocycles. The number of aromatic amines is 1. The largest absolute Gasteiger partial charge is 0.469 e. The third-order valence-corrected chi connectivity index (χ3v) is 5.89. The molecule has 7 heteroatoms. The van der Waals surface area contributed by atoms with Crippen LogP contribution in [0.1, 0.15) is 25.7 Å². The van der Waals surface area contributed by atoms with Crippen molar-refractivity contribution in [2.75, 3.05) is 25.5 Å². The number of amides is 2. The number of carbonyl (C=O) groups is 3. The van der Waals surface area contributed by atoms with Gasteiger partial charge in [-0.15, -0.1) is 0 Å². The summed E-state index contributed by atoms with van der Waals surface area (Å²) < 4.78 is 4.60. The topological polar surface area (TPSA) is 91.5 Å². The number of fused-ring (bicyclic) bond motifs is 1. The molecule has 0 aliphatic carbocycles. The van der Waals surface area contributed by atoms with E-state index in [1.54, 1.807) is 4.90 Å². The van der Waals surface area contributed by atoms with Crippen molar-refractivity contribution >= 4 is 34.4 Å². The van der Waals surface area contributed by atoms with Gasteiger partial charge in [0.1, 0.15) is 0 Å². The zero-order valence-corrected chi connectivity index (χ0v) is 18.1. The first-order valence-electron chi connectivity index (χ1n) is 10.9. The summed E-state index contributed by atoms with van der Waals surface area (Å²) in [5.41, 5.74) is 3.76. The number of piperidine rings is 1. The van der Waals surface area contributed by atoms with Crippen LogP contribution in [0.2, 0.25) is 0 Å². The summed E-state index contributed by atoms with van der Waals surface area (Å²) in [6.07, 6.45) is 1.66. The Hall–Kier alpha value is -3.61. The number of H-pyrrole nitrogens is 1. The van der Waals surface area contributed by atoms with Crippen LogP contribution < -0.4 is 5.32 Å². The summed E-state index contributed by atoms with van der Waals surface area (Å²) in [4.78, 5) is 41.7. The van der Waals surface area contributed by atoms with Crippen molar-refractivity contribution in [2.24, 2.45) is 5.92 Å². The number of nitrogens with zero attached hydrogens (tertiary/aromatic N) is 1. The Kier molecular flexibility index (Phi) is 6.54. The molecule has 7 nitrogen and oxygen atoms in total. The molecule has 0 bridgehead atoms. The molecule has 166 valence electrons. The van der Waals surface area contributed by atoms with Crippen molar-refractivity contribution in [3.8, 4) is 11.3 Å². The molecule has 0 radical (unpaired) electrons. The molecule has 4 rings (SSSR count). The third-order valence-electron chi connectivity index (χ3n) is 5.89. The average molecular weight is 434 g/mol.